The molecule has 1 N–H and O–H groups in total. The fraction of sp³-hybridized carbons (Fsp3) is 0.789. The van der Waals surface area contributed by atoms with Crippen molar-refractivity contribution in [2.24, 2.45) is 10.4 Å². The molecule has 2 heterocycles. The highest BCUT2D eigenvalue weighted by atomic mass is 127. The standard InChI is InChI=1S/C19H34N4O.HI/c1-7-9-19(5)10-8-11-23(13-19)18(20-6)21-12-14(2)17-15(3)22-24-16(17)4;/h14H,7-13H2,1-6H3,(H,20,21);1H. The van der Waals surface area contributed by atoms with Crippen molar-refractivity contribution in [3.05, 3.63) is 17.0 Å². The molecule has 2 atom stereocenters. The van der Waals surface area contributed by atoms with Crippen LogP contribution in [0.25, 0.3) is 0 Å². The fourth-order valence-electron chi connectivity index (χ4n) is 4.18. The molecule has 2 rings (SSSR count). The Morgan fingerprint density at radius 3 is 2.72 bits per heavy atom. The molecule has 0 amide bonds. The first-order chi connectivity index (χ1) is 11.4. The first-order valence-corrected chi connectivity index (χ1v) is 9.28. The zero-order valence-electron chi connectivity index (χ0n) is 16.7. The minimum atomic E-state index is 0. The zero-order valence-corrected chi connectivity index (χ0v) is 19.0. The third kappa shape index (κ3) is 5.59. The van der Waals surface area contributed by atoms with E-state index >= 15 is 0 Å². The van der Waals surface area contributed by atoms with E-state index in [1.54, 1.807) is 0 Å². The Morgan fingerprint density at radius 2 is 2.16 bits per heavy atom. The maximum atomic E-state index is 5.30. The smallest absolute Gasteiger partial charge is 0.193 e. The van der Waals surface area contributed by atoms with Crippen molar-refractivity contribution in [2.45, 2.75) is 66.2 Å². The molecule has 1 fully saturated rings. The van der Waals surface area contributed by atoms with Crippen LogP contribution in [-0.2, 0) is 0 Å². The topological polar surface area (TPSA) is 53.7 Å². The second-order valence-electron chi connectivity index (χ2n) is 7.65. The summed E-state index contributed by atoms with van der Waals surface area (Å²) in [6.45, 7) is 13.9. The van der Waals surface area contributed by atoms with Gasteiger partial charge in [-0.1, -0.05) is 32.3 Å². The quantitative estimate of drug-likeness (QED) is 0.398. The molecule has 2 unspecified atom stereocenters. The molecule has 1 aromatic rings. The predicted molar refractivity (Wildman–Crippen MR) is 115 cm³/mol. The minimum Gasteiger partial charge on any atom is -0.361 e. The van der Waals surface area contributed by atoms with Crippen LogP contribution < -0.4 is 5.32 Å². The molecule has 25 heavy (non-hydrogen) atoms. The lowest BCUT2D eigenvalue weighted by Crippen LogP contribution is -2.50. The van der Waals surface area contributed by atoms with Crippen molar-refractivity contribution in [3.8, 4) is 0 Å². The normalized spacial score (nSPS) is 22.5. The lowest BCUT2D eigenvalue weighted by atomic mass is 9.78. The van der Waals surface area contributed by atoms with E-state index in [1.807, 2.05) is 20.9 Å². The number of aromatic nitrogens is 1. The first-order valence-electron chi connectivity index (χ1n) is 9.28. The number of likely N-dealkylation sites (tertiary alicyclic amines) is 1. The lowest BCUT2D eigenvalue weighted by molar-refractivity contribution is 0.142. The summed E-state index contributed by atoms with van der Waals surface area (Å²) in [5.41, 5.74) is 2.62. The summed E-state index contributed by atoms with van der Waals surface area (Å²) < 4.78 is 5.30. The summed E-state index contributed by atoms with van der Waals surface area (Å²) in [6, 6.07) is 0. The molecule has 0 aromatic carbocycles. The molecule has 0 spiro atoms. The number of halogens is 1. The maximum absolute atomic E-state index is 5.30. The van der Waals surface area contributed by atoms with Crippen molar-refractivity contribution < 1.29 is 4.52 Å². The molecule has 144 valence electrons. The molecule has 1 saturated heterocycles. The number of hydrogen-bond acceptors (Lipinski definition) is 3. The second kappa shape index (κ2) is 9.78. The van der Waals surface area contributed by atoms with Crippen LogP contribution in [0, 0.1) is 19.3 Å². The van der Waals surface area contributed by atoms with Crippen LogP contribution in [0.5, 0.6) is 0 Å². The van der Waals surface area contributed by atoms with Gasteiger partial charge in [-0.15, -0.1) is 24.0 Å². The number of hydrogen-bond donors (Lipinski definition) is 1. The number of piperidine rings is 1. The van der Waals surface area contributed by atoms with Gasteiger partial charge in [-0.25, -0.2) is 0 Å². The van der Waals surface area contributed by atoms with Gasteiger partial charge >= 0.3 is 0 Å². The maximum Gasteiger partial charge on any atom is 0.193 e. The summed E-state index contributed by atoms with van der Waals surface area (Å²) in [5, 5.41) is 7.64. The van der Waals surface area contributed by atoms with E-state index in [-0.39, 0.29) is 24.0 Å². The van der Waals surface area contributed by atoms with Gasteiger partial charge in [0, 0.05) is 38.2 Å². The average molecular weight is 462 g/mol. The van der Waals surface area contributed by atoms with Crippen LogP contribution in [0.1, 0.15) is 69.4 Å². The largest absolute Gasteiger partial charge is 0.361 e. The minimum absolute atomic E-state index is 0. The van der Waals surface area contributed by atoms with Crippen LogP contribution in [0.15, 0.2) is 9.52 Å². The molecule has 1 aliphatic rings. The van der Waals surface area contributed by atoms with Crippen LogP contribution in [0.2, 0.25) is 0 Å². The Morgan fingerprint density at radius 1 is 1.44 bits per heavy atom. The number of rotatable bonds is 5. The van der Waals surface area contributed by atoms with E-state index in [2.05, 4.69) is 41.1 Å². The summed E-state index contributed by atoms with van der Waals surface area (Å²) in [7, 11) is 1.88. The molecule has 6 heteroatoms. The Balaban J connectivity index is 0.00000312. The molecule has 1 aliphatic heterocycles. The van der Waals surface area contributed by atoms with E-state index in [0.29, 0.717) is 11.3 Å². The van der Waals surface area contributed by atoms with E-state index in [9.17, 15) is 0 Å². The molecule has 0 radical (unpaired) electrons. The fourth-order valence-corrected chi connectivity index (χ4v) is 4.18. The van der Waals surface area contributed by atoms with Gasteiger partial charge in [0.2, 0.25) is 0 Å². The Bertz CT molecular complexity index is 548. The Hall–Kier alpha value is -0.790. The molecule has 0 aliphatic carbocycles. The van der Waals surface area contributed by atoms with Crippen LogP contribution >= 0.6 is 24.0 Å². The second-order valence-corrected chi connectivity index (χ2v) is 7.65. The summed E-state index contributed by atoms with van der Waals surface area (Å²) in [6.07, 6.45) is 5.11. The zero-order chi connectivity index (χ0) is 17.7. The SMILES string of the molecule is CCCC1(C)CCCN(C(=NC)NCC(C)c2c(C)noc2C)C1.I. The van der Waals surface area contributed by atoms with Gasteiger partial charge in [0.1, 0.15) is 5.76 Å². The van der Waals surface area contributed by atoms with Crippen molar-refractivity contribution in [1.82, 2.24) is 15.4 Å². The van der Waals surface area contributed by atoms with Gasteiger partial charge < -0.3 is 14.7 Å². The van der Waals surface area contributed by atoms with Crippen molar-refractivity contribution in [1.29, 1.82) is 0 Å². The lowest BCUT2D eigenvalue weighted by Gasteiger charge is -2.42. The third-order valence-electron chi connectivity index (χ3n) is 5.29. The number of guanidine groups is 1. The van der Waals surface area contributed by atoms with Crippen molar-refractivity contribution in [3.63, 3.8) is 0 Å². The molecule has 0 bridgehead atoms. The van der Waals surface area contributed by atoms with Gasteiger partial charge in [-0.3, -0.25) is 4.99 Å². The number of nitrogens with zero attached hydrogens (tertiary/aromatic N) is 3. The van der Waals surface area contributed by atoms with E-state index in [1.165, 1.54) is 31.2 Å². The Labute approximate surface area is 170 Å². The summed E-state index contributed by atoms with van der Waals surface area (Å²) >= 11 is 0. The average Bonchev–Trinajstić information content (AvgIpc) is 2.87. The van der Waals surface area contributed by atoms with Gasteiger partial charge in [0.25, 0.3) is 0 Å². The van der Waals surface area contributed by atoms with Crippen LogP contribution in [0.3, 0.4) is 0 Å². The van der Waals surface area contributed by atoms with Crippen LogP contribution in [0.4, 0.5) is 0 Å². The molecule has 0 saturated carbocycles. The third-order valence-corrected chi connectivity index (χ3v) is 5.29. The molecule has 5 nitrogen and oxygen atoms in total. The van der Waals surface area contributed by atoms with E-state index in [4.69, 9.17) is 4.52 Å². The van der Waals surface area contributed by atoms with Gasteiger partial charge in [-0.2, -0.15) is 0 Å². The number of nitrogens with one attached hydrogen (secondary N) is 1. The van der Waals surface area contributed by atoms with E-state index in [0.717, 1.165) is 37.0 Å². The highest BCUT2D eigenvalue weighted by Gasteiger charge is 2.31. The molecular formula is C19H35IN4O. The van der Waals surface area contributed by atoms with Crippen molar-refractivity contribution >= 4 is 29.9 Å². The first kappa shape index (κ1) is 22.3. The van der Waals surface area contributed by atoms with Gasteiger partial charge in [0.15, 0.2) is 5.96 Å². The van der Waals surface area contributed by atoms with Gasteiger partial charge in [-0.05, 0) is 38.5 Å². The summed E-state index contributed by atoms with van der Waals surface area (Å²) in [5.74, 6) is 2.29. The molecule has 1 aromatic heterocycles. The van der Waals surface area contributed by atoms with Crippen LogP contribution in [-0.4, -0.2) is 42.7 Å². The van der Waals surface area contributed by atoms with E-state index < -0.39 is 0 Å². The van der Waals surface area contributed by atoms with Gasteiger partial charge in [0.05, 0.1) is 5.69 Å². The monoisotopic (exact) mass is 462 g/mol. The Kier molecular flexibility index (Phi) is 8.71. The highest BCUT2D eigenvalue weighted by molar-refractivity contribution is 14.0. The number of aryl methyl sites for hydroxylation is 2. The highest BCUT2D eigenvalue weighted by Crippen LogP contribution is 2.34. The van der Waals surface area contributed by atoms with Crippen molar-refractivity contribution in [2.75, 3.05) is 26.7 Å². The molecular weight excluding hydrogens is 427 g/mol. The summed E-state index contributed by atoms with van der Waals surface area (Å²) in [4.78, 5) is 6.96. The number of aliphatic imine (C=N–C) groups is 1. The predicted octanol–water partition coefficient (Wildman–Crippen LogP) is 4.49.